The van der Waals surface area contributed by atoms with Gasteiger partial charge in [-0.25, -0.2) is 9.97 Å². The van der Waals surface area contributed by atoms with Crippen LogP contribution < -0.4 is 14.8 Å². The maximum atomic E-state index is 5.66. The van der Waals surface area contributed by atoms with Gasteiger partial charge in [0.2, 0.25) is 0 Å². The van der Waals surface area contributed by atoms with Crippen molar-refractivity contribution in [3.05, 3.63) is 42.0 Å². The Kier molecular flexibility index (Phi) is 4.16. The van der Waals surface area contributed by atoms with Crippen LogP contribution in [0.3, 0.4) is 0 Å². The van der Waals surface area contributed by atoms with E-state index >= 15 is 0 Å². The summed E-state index contributed by atoms with van der Waals surface area (Å²) >= 11 is 1.61. The molecule has 0 fully saturated rings. The lowest BCUT2D eigenvalue weighted by Gasteiger charge is -2.09. The van der Waals surface area contributed by atoms with Crippen LogP contribution in [0.25, 0.3) is 10.2 Å². The van der Waals surface area contributed by atoms with Crippen molar-refractivity contribution in [1.82, 2.24) is 9.97 Å². The van der Waals surface area contributed by atoms with E-state index in [2.05, 4.69) is 15.3 Å². The lowest BCUT2D eigenvalue weighted by Crippen LogP contribution is -2.12. The summed E-state index contributed by atoms with van der Waals surface area (Å²) in [4.78, 5) is 9.47. The molecule has 5 nitrogen and oxygen atoms in total. The third kappa shape index (κ3) is 3.22. The molecule has 0 unspecified atom stereocenters. The Morgan fingerprint density at radius 1 is 1.10 bits per heavy atom. The molecule has 2 aromatic heterocycles. The first kappa shape index (κ1) is 13.6. The highest BCUT2D eigenvalue weighted by molar-refractivity contribution is 7.16. The quantitative estimate of drug-likeness (QED) is 0.709. The lowest BCUT2D eigenvalue weighted by atomic mass is 10.3. The van der Waals surface area contributed by atoms with E-state index in [-0.39, 0.29) is 0 Å². The molecule has 0 saturated carbocycles. The molecule has 0 saturated heterocycles. The van der Waals surface area contributed by atoms with Gasteiger partial charge in [-0.05, 0) is 35.7 Å². The predicted molar refractivity (Wildman–Crippen MR) is 84.4 cm³/mol. The number of methoxy groups -OCH3 is 1. The topological polar surface area (TPSA) is 56.3 Å². The molecule has 0 bridgehead atoms. The fourth-order valence-electron chi connectivity index (χ4n) is 1.94. The summed E-state index contributed by atoms with van der Waals surface area (Å²) in [5, 5.41) is 6.33. The van der Waals surface area contributed by atoms with Crippen molar-refractivity contribution in [2.75, 3.05) is 25.6 Å². The molecular formula is C15H15N3O2S. The molecule has 1 N–H and O–H groups in total. The van der Waals surface area contributed by atoms with Crippen molar-refractivity contribution in [1.29, 1.82) is 0 Å². The normalized spacial score (nSPS) is 10.5. The van der Waals surface area contributed by atoms with Crippen LogP contribution >= 0.6 is 11.3 Å². The van der Waals surface area contributed by atoms with Crippen LogP contribution in [0.5, 0.6) is 11.5 Å². The first-order chi connectivity index (χ1) is 10.4. The summed E-state index contributed by atoms with van der Waals surface area (Å²) in [6.07, 6.45) is 1.57. The van der Waals surface area contributed by atoms with Crippen molar-refractivity contribution in [2.24, 2.45) is 0 Å². The zero-order valence-corrected chi connectivity index (χ0v) is 12.4. The molecule has 3 aromatic rings. The largest absolute Gasteiger partial charge is 0.497 e. The number of hydrogen-bond acceptors (Lipinski definition) is 6. The number of fused-ring (bicyclic) bond motifs is 1. The zero-order chi connectivity index (χ0) is 14.5. The summed E-state index contributed by atoms with van der Waals surface area (Å²) in [6.45, 7) is 1.23. The van der Waals surface area contributed by atoms with Gasteiger partial charge in [0.25, 0.3) is 0 Å². The molecule has 1 aromatic carbocycles. The molecule has 21 heavy (non-hydrogen) atoms. The molecule has 0 atom stereocenters. The van der Waals surface area contributed by atoms with Crippen LogP contribution in [0.1, 0.15) is 0 Å². The first-order valence-corrected chi connectivity index (χ1v) is 7.44. The summed E-state index contributed by atoms with van der Waals surface area (Å²) in [5.74, 6) is 2.49. The molecular weight excluding hydrogens is 286 g/mol. The SMILES string of the molecule is COc1ccc(OCCNc2ncnc3sccc23)cc1. The van der Waals surface area contributed by atoms with E-state index in [1.807, 2.05) is 35.7 Å². The van der Waals surface area contributed by atoms with Gasteiger partial charge in [-0.15, -0.1) is 11.3 Å². The standard InChI is InChI=1S/C15H15N3O2S/c1-19-11-2-4-12(5-3-11)20-8-7-16-14-13-6-9-21-15(13)18-10-17-14/h2-6,9-10H,7-8H2,1H3,(H,16,17,18). The van der Waals surface area contributed by atoms with Crippen LogP contribution in [0, 0.1) is 0 Å². The maximum absolute atomic E-state index is 5.66. The maximum Gasteiger partial charge on any atom is 0.138 e. The van der Waals surface area contributed by atoms with Gasteiger partial charge in [-0.3, -0.25) is 0 Å². The average molecular weight is 301 g/mol. The Balaban J connectivity index is 1.53. The third-order valence-corrected chi connectivity index (χ3v) is 3.81. The first-order valence-electron chi connectivity index (χ1n) is 6.56. The number of aromatic nitrogens is 2. The second kappa shape index (κ2) is 6.41. The minimum Gasteiger partial charge on any atom is -0.497 e. The Morgan fingerprint density at radius 3 is 2.71 bits per heavy atom. The minimum atomic E-state index is 0.558. The van der Waals surface area contributed by atoms with Gasteiger partial charge >= 0.3 is 0 Å². The summed E-state index contributed by atoms with van der Waals surface area (Å²) in [6, 6.07) is 9.55. The number of ether oxygens (including phenoxy) is 2. The van der Waals surface area contributed by atoms with Crippen LogP contribution in [0.4, 0.5) is 5.82 Å². The molecule has 0 aliphatic rings. The van der Waals surface area contributed by atoms with E-state index in [0.29, 0.717) is 13.2 Å². The number of thiophene rings is 1. The molecule has 6 heteroatoms. The fourth-order valence-corrected chi connectivity index (χ4v) is 2.67. The van der Waals surface area contributed by atoms with Crippen molar-refractivity contribution in [2.45, 2.75) is 0 Å². The highest BCUT2D eigenvalue weighted by Gasteiger charge is 2.03. The third-order valence-electron chi connectivity index (χ3n) is 2.98. The number of nitrogens with one attached hydrogen (secondary N) is 1. The van der Waals surface area contributed by atoms with Crippen LogP contribution in [0.15, 0.2) is 42.0 Å². The van der Waals surface area contributed by atoms with E-state index in [0.717, 1.165) is 27.5 Å². The second-order valence-corrected chi connectivity index (χ2v) is 5.21. The molecule has 0 aliphatic heterocycles. The number of nitrogens with zero attached hydrogens (tertiary/aromatic N) is 2. The molecule has 0 aliphatic carbocycles. The van der Waals surface area contributed by atoms with Gasteiger partial charge in [0, 0.05) is 0 Å². The van der Waals surface area contributed by atoms with Gasteiger partial charge in [0.1, 0.15) is 35.1 Å². The molecule has 0 spiro atoms. The summed E-state index contributed by atoms with van der Waals surface area (Å²) < 4.78 is 10.8. The van der Waals surface area contributed by atoms with Crippen molar-refractivity contribution >= 4 is 27.4 Å². The van der Waals surface area contributed by atoms with E-state index in [9.17, 15) is 0 Å². The Morgan fingerprint density at radius 2 is 1.90 bits per heavy atom. The van der Waals surface area contributed by atoms with Gasteiger partial charge in [0.05, 0.1) is 19.0 Å². The second-order valence-electron chi connectivity index (χ2n) is 4.31. The zero-order valence-electron chi connectivity index (χ0n) is 11.6. The van der Waals surface area contributed by atoms with E-state index < -0.39 is 0 Å². The number of hydrogen-bond donors (Lipinski definition) is 1. The van der Waals surface area contributed by atoms with Gasteiger partial charge in [-0.1, -0.05) is 0 Å². The Labute approximate surface area is 126 Å². The molecule has 108 valence electrons. The van der Waals surface area contributed by atoms with E-state index in [4.69, 9.17) is 9.47 Å². The molecule has 0 radical (unpaired) electrons. The molecule has 3 rings (SSSR count). The predicted octanol–water partition coefficient (Wildman–Crippen LogP) is 3.19. The van der Waals surface area contributed by atoms with Crippen LogP contribution in [-0.4, -0.2) is 30.2 Å². The number of anilines is 1. The monoisotopic (exact) mass is 301 g/mol. The van der Waals surface area contributed by atoms with Crippen LogP contribution in [0.2, 0.25) is 0 Å². The summed E-state index contributed by atoms with van der Waals surface area (Å²) in [5.41, 5.74) is 0. The van der Waals surface area contributed by atoms with Crippen molar-refractivity contribution in [3.8, 4) is 11.5 Å². The van der Waals surface area contributed by atoms with Crippen LogP contribution in [-0.2, 0) is 0 Å². The van der Waals surface area contributed by atoms with E-state index in [1.165, 1.54) is 0 Å². The Bertz CT molecular complexity index is 712. The minimum absolute atomic E-state index is 0.558. The van der Waals surface area contributed by atoms with E-state index in [1.54, 1.807) is 24.8 Å². The smallest absolute Gasteiger partial charge is 0.138 e. The Hall–Kier alpha value is -2.34. The van der Waals surface area contributed by atoms with Gasteiger partial charge < -0.3 is 14.8 Å². The number of benzene rings is 1. The molecule has 2 heterocycles. The highest BCUT2D eigenvalue weighted by Crippen LogP contribution is 2.23. The van der Waals surface area contributed by atoms with Gasteiger partial charge in [-0.2, -0.15) is 0 Å². The summed E-state index contributed by atoms with van der Waals surface area (Å²) in [7, 11) is 1.65. The van der Waals surface area contributed by atoms with Crippen molar-refractivity contribution < 1.29 is 9.47 Å². The average Bonchev–Trinajstić information content (AvgIpc) is 3.01. The highest BCUT2D eigenvalue weighted by atomic mass is 32.1. The van der Waals surface area contributed by atoms with Crippen molar-refractivity contribution in [3.63, 3.8) is 0 Å². The van der Waals surface area contributed by atoms with Gasteiger partial charge in [0.15, 0.2) is 0 Å². The fraction of sp³-hybridized carbons (Fsp3) is 0.200. The number of rotatable bonds is 6. The lowest BCUT2D eigenvalue weighted by molar-refractivity contribution is 0.331. The molecule has 0 amide bonds.